The largest absolute Gasteiger partial charge is 0.347 e. The molecule has 5 heteroatoms. The van der Waals surface area contributed by atoms with E-state index in [0.717, 1.165) is 17.7 Å². The number of nitrogens with zero attached hydrogens (tertiary/aromatic N) is 1. The predicted octanol–water partition coefficient (Wildman–Crippen LogP) is 2.19. The number of carbonyl (C=O) groups excluding carboxylic acids is 1. The van der Waals surface area contributed by atoms with E-state index in [9.17, 15) is 9.59 Å². The third-order valence-corrected chi connectivity index (χ3v) is 4.83. The second-order valence-corrected chi connectivity index (χ2v) is 6.46. The summed E-state index contributed by atoms with van der Waals surface area (Å²) in [5, 5.41) is 3.03. The van der Waals surface area contributed by atoms with Crippen molar-refractivity contribution in [2.24, 2.45) is 5.73 Å². The number of hydrogen-bond acceptors (Lipinski definition) is 3. The van der Waals surface area contributed by atoms with Crippen LogP contribution in [-0.4, -0.2) is 16.5 Å². The van der Waals surface area contributed by atoms with Gasteiger partial charge in [0.2, 0.25) is 0 Å². The van der Waals surface area contributed by atoms with E-state index >= 15 is 0 Å². The summed E-state index contributed by atoms with van der Waals surface area (Å²) in [7, 11) is 0. The maximum Gasteiger partial charge on any atom is 0.255 e. The van der Waals surface area contributed by atoms with Crippen molar-refractivity contribution in [1.82, 2.24) is 9.88 Å². The first kappa shape index (κ1) is 16.3. The predicted molar refractivity (Wildman–Crippen MR) is 100 cm³/mol. The summed E-state index contributed by atoms with van der Waals surface area (Å²) in [4.78, 5) is 24.5. The van der Waals surface area contributed by atoms with Crippen LogP contribution < -0.4 is 16.6 Å². The fourth-order valence-corrected chi connectivity index (χ4v) is 3.43. The summed E-state index contributed by atoms with van der Waals surface area (Å²) >= 11 is 0. The highest BCUT2D eigenvalue weighted by atomic mass is 16.1. The van der Waals surface area contributed by atoms with Crippen LogP contribution in [0.1, 0.15) is 27.5 Å². The molecule has 1 heterocycles. The van der Waals surface area contributed by atoms with E-state index in [1.54, 1.807) is 42.6 Å². The zero-order valence-electron chi connectivity index (χ0n) is 14.1. The number of rotatable bonds is 3. The van der Waals surface area contributed by atoms with Gasteiger partial charge in [-0.15, -0.1) is 0 Å². The van der Waals surface area contributed by atoms with Crippen molar-refractivity contribution in [3.63, 3.8) is 0 Å². The van der Waals surface area contributed by atoms with Crippen LogP contribution in [0.15, 0.2) is 77.7 Å². The normalized spacial score (nSPS) is 18.3. The minimum Gasteiger partial charge on any atom is -0.347 e. The number of hydrogen-bond donors (Lipinski definition) is 2. The number of nitrogens with two attached hydrogens (primary N) is 1. The van der Waals surface area contributed by atoms with Gasteiger partial charge in [-0.1, -0.05) is 30.3 Å². The van der Waals surface area contributed by atoms with Gasteiger partial charge in [-0.05, 0) is 47.9 Å². The van der Waals surface area contributed by atoms with Gasteiger partial charge >= 0.3 is 0 Å². The summed E-state index contributed by atoms with van der Waals surface area (Å²) in [5.74, 6) is -0.162. The molecule has 3 N–H and O–H groups in total. The molecule has 0 spiro atoms. The van der Waals surface area contributed by atoms with Crippen molar-refractivity contribution in [2.45, 2.75) is 18.5 Å². The highest BCUT2D eigenvalue weighted by Crippen LogP contribution is 2.29. The van der Waals surface area contributed by atoms with Crippen LogP contribution in [0.5, 0.6) is 0 Å². The van der Waals surface area contributed by atoms with Gasteiger partial charge in [-0.3, -0.25) is 14.2 Å². The van der Waals surface area contributed by atoms with Crippen molar-refractivity contribution >= 4 is 5.91 Å². The Balaban J connectivity index is 1.50. The second kappa shape index (κ2) is 6.61. The first-order chi connectivity index (χ1) is 12.6. The van der Waals surface area contributed by atoms with Crippen LogP contribution in [0, 0.1) is 0 Å². The number of fused-ring (bicyclic) bond motifs is 1. The highest BCUT2D eigenvalue weighted by Gasteiger charge is 2.30. The Hall–Kier alpha value is -3.18. The molecule has 2 aromatic carbocycles. The Kier molecular flexibility index (Phi) is 4.14. The molecular weight excluding hydrogens is 326 g/mol. The number of pyridine rings is 1. The van der Waals surface area contributed by atoms with Gasteiger partial charge in [0.15, 0.2) is 0 Å². The van der Waals surface area contributed by atoms with Crippen molar-refractivity contribution in [1.29, 1.82) is 0 Å². The summed E-state index contributed by atoms with van der Waals surface area (Å²) in [6, 6.07) is 19.7. The maximum atomic E-state index is 12.6. The van der Waals surface area contributed by atoms with Gasteiger partial charge in [-0.2, -0.15) is 0 Å². The number of benzene rings is 2. The van der Waals surface area contributed by atoms with Crippen molar-refractivity contribution in [3.8, 4) is 5.69 Å². The van der Waals surface area contributed by atoms with Crippen LogP contribution in [0.2, 0.25) is 0 Å². The number of carbonyl (C=O) groups is 1. The van der Waals surface area contributed by atoms with Crippen LogP contribution in [0.3, 0.4) is 0 Å². The lowest BCUT2D eigenvalue weighted by atomic mass is 10.1. The number of nitrogens with one attached hydrogen (secondary N) is 1. The molecule has 0 bridgehead atoms. The Morgan fingerprint density at radius 2 is 1.73 bits per heavy atom. The SMILES string of the molecule is N[C@@H]1c2ccccc2C[C@@H]1NC(=O)c1ccc(-n2ccccc2=O)cc1. The van der Waals surface area contributed by atoms with Gasteiger partial charge in [0.25, 0.3) is 11.5 Å². The third-order valence-electron chi connectivity index (χ3n) is 4.83. The molecule has 1 aromatic heterocycles. The molecule has 1 aliphatic rings. The average Bonchev–Trinajstić information content (AvgIpc) is 2.98. The fourth-order valence-electron chi connectivity index (χ4n) is 3.43. The van der Waals surface area contributed by atoms with Gasteiger partial charge in [0, 0.05) is 23.5 Å². The van der Waals surface area contributed by atoms with Gasteiger partial charge in [0.1, 0.15) is 0 Å². The molecule has 0 fully saturated rings. The van der Waals surface area contributed by atoms with E-state index in [4.69, 9.17) is 5.73 Å². The lowest BCUT2D eigenvalue weighted by Crippen LogP contribution is -2.40. The zero-order valence-corrected chi connectivity index (χ0v) is 14.1. The Labute approximate surface area is 151 Å². The van der Waals surface area contributed by atoms with Gasteiger partial charge in [-0.25, -0.2) is 0 Å². The monoisotopic (exact) mass is 345 g/mol. The van der Waals surface area contributed by atoms with Crippen LogP contribution in [0.25, 0.3) is 5.69 Å². The molecule has 4 rings (SSSR count). The van der Waals surface area contributed by atoms with Gasteiger partial charge < -0.3 is 11.1 Å². The van der Waals surface area contributed by atoms with E-state index in [0.29, 0.717) is 5.56 Å². The molecule has 3 aromatic rings. The maximum absolute atomic E-state index is 12.6. The first-order valence-corrected chi connectivity index (χ1v) is 8.56. The van der Waals surface area contributed by atoms with Crippen LogP contribution >= 0.6 is 0 Å². The minimum absolute atomic E-state index is 0.112. The van der Waals surface area contributed by atoms with E-state index < -0.39 is 0 Å². The van der Waals surface area contributed by atoms with E-state index in [1.807, 2.05) is 24.3 Å². The summed E-state index contributed by atoms with van der Waals surface area (Å²) in [6.45, 7) is 0. The van der Waals surface area contributed by atoms with Crippen LogP contribution in [0.4, 0.5) is 0 Å². The quantitative estimate of drug-likeness (QED) is 0.764. The Morgan fingerprint density at radius 3 is 2.46 bits per heavy atom. The molecule has 130 valence electrons. The standard InChI is InChI=1S/C21H19N3O2/c22-20-17-6-2-1-5-15(17)13-18(20)23-21(26)14-8-10-16(11-9-14)24-12-4-3-7-19(24)25/h1-12,18,20H,13,22H2,(H,23,26)/t18-,20+/m0/s1. The van der Waals surface area contributed by atoms with Crippen molar-refractivity contribution in [2.75, 3.05) is 0 Å². The summed E-state index contributed by atoms with van der Waals surface area (Å²) < 4.78 is 1.53. The first-order valence-electron chi connectivity index (χ1n) is 8.56. The lowest BCUT2D eigenvalue weighted by molar-refractivity contribution is 0.0933. The molecule has 5 nitrogen and oxygen atoms in total. The smallest absolute Gasteiger partial charge is 0.255 e. The summed E-state index contributed by atoms with van der Waals surface area (Å²) in [5.41, 5.74) is 9.71. The average molecular weight is 345 g/mol. The second-order valence-electron chi connectivity index (χ2n) is 6.46. The van der Waals surface area contributed by atoms with E-state index in [-0.39, 0.29) is 23.6 Å². The molecule has 0 saturated carbocycles. The Morgan fingerprint density at radius 1 is 1.00 bits per heavy atom. The lowest BCUT2D eigenvalue weighted by Gasteiger charge is -2.18. The van der Waals surface area contributed by atoms with Crippen molar-refractivity contribution < 1.29 is 4.79 Å². The molecule has 1 aliphatic carbocycles. The number of amides is 1. The van der Waals surface area contributed by atoms with Crippen molar-refractivity contribution in [3.05, 3.63) is 100.0 Å². The van der Waals surface area contributed by atoms with E-state index in [2.05, 4.69) is 5.32 Å². The molecule has 0 radical (unpaired) electrons. The molecule has 1 amide bonds. The Bertz CT molecular complexity index is 1010. The fraction of sp³-hybridized carbons (Fsp3) is 0.143. The molecule has 0 saturated heterocycles. The molecule has 26 heavy (non-hydrogen) atoms. The van der Waals surface area contributed by atoms with Crippen LogP contribution in [-0.2, 0) is 6.42 Å². The molecular formula is C21H19N3O2. The third kappa shape index (κ3) is 2.93. The molecule has 2 atom stereocenters. The number of aromatic nitrogens is 1. The summed E-state index contributed by atoms with van der Waals surface area (Å²) in [6.07, 6.45) is 2.44. The van der Waals surface area contributed by atoms with Gasteiger partial charge in [0.05, 0.1) is 12.1 Å². The molecule has 0 unspecified atom stereocenters. The highest BCUT2D eigenvalue weighted by molar-refractivity contribution is 5.94. The van der Waals surface area contributed by atoms with E-state index in [1.165, 1.54) is 16.2 Å². The molecule has 0 aliphatic heterocycles. The zero-order chi connectivity index (χ0) is 18.1. The minimum atomic E-state index is -0.197. The topological polar surface area (TPSA) is 77.1 Å².